The van der Waals surface area contributed by atoms with Crippen molar-refractivity contribution in [2.75, 3.05) is 37.7 Å². The number of nitrogens with one attached hydrogen (secondary N) is 1. The van der Waals surface area contributed by atoms with Crippen LogP contribution in [-0.4, -0.2) is 32.8 Å². The lowest BCUT2D eigenvalue weighted by molar-refractivity contribution is 0.296. The molecule has 0 bridgehead atoms. The minimum Gasteiger partial charge on any atom is -0.493 e. The molecule has 1 aliphatic heterocycles. The summed E-state index contributed by atoms with van der Waals surface area (Å²) in [7, 11) is 0. The zero-order valence-electron chi connectivity index (χ0n) is 13.2. The summed E-state index contributed by atoms with van der Waals surface area (Å²) < 4.78 is 19.9. The van der Waals surface area contributed by atoms with Crippen molar-refractivity contribution in [1.82, 2.24) is 5.32 Å². The molecular weight excluding hydrogens is 267 g/mol. The first-order valence-corrected chi connectivity index (χ1v) is 8.05. The molecule has 2 rings (SSSR count). The average molecular weight is 294 g/mol. The minimum absolute atomic E-state index is 0.182. The van der Waals surface area contributed by atoms with E-state index in [0.717, 1.165) is 45.4 Å². The van der Waals surface area contributed by atoms with E-state index in [1.165, 1.54) is 6.07 Å². The molecule has 1 fully saturated rings. The van der Waals surface area contributed by atoms with Gasteiger partial charge < -0.3 is 15.0 Å². The van der Waals surface area contributed by atoms with Crippen molar-refractivity contribution in [3.8, 4) is 5.75 Å². The van der Waals surface area contributed by atoms with Crippen molar-refractivity contribution in [1.29, 1.82) is 0 Å². The van der Waals surface area contributed by atoms with E-state index in [4.69, 9.17) is 4.74 Å². The van der Waals surface area contributed by atoms with Crippen molar-refractivity contribution in [2.24, 2.45) is 5.92 Å². The summed E-state index contributed by atoms with van der Waals surface area (Å²) in [5.74, 6) is 1.13. The normalized spacial score (nSPS) is 16.1. The SMILES string of the molecule is CC(C)CCCOc1ccc(N2CCCNCC2)c(F)c1. The van der Waals surface area contributed by atoms with E-state index >= 15 is 0 Å². The Morgan fingerprint density at radius 2 is 2.14 bits per heavy atom. The van der Waals surface area contributed by atoms with Gasteiger partial charge in [0.15, 0.2) is 0 Å². The molecule has 1 aromatic rings. The van der Waals surface area contributed by atoms with Crippen molar-refractivity contribution < 1.29 is 9.13 Å². The number of ether oxygens (including phenoxy) is 1. The van der Waals surface area contributed by atoms with Crippen molar-refractivity contribution in [3.05, 3.63) is 24.0 Å². The highest BCUT2D eigenvalue weighted by Crippen LogP contribution is 2.25. The van der Waals surface area contributed by atoms with Gasteiger partial charge in [-0.3, -0.25) is 0 Å². The fourth-order valence-corrected chi connectivity index (χ4v) is 2.60. The molecule has 4 heteroatoms. The summed E-state index contributed by atoms with van der Waals surface area (Å²) in [6.07, 6.45) is 3.20. The van der Waals surface area contributed by atoms with Crippen LogP contribution in [0.4, 0.5) is 10.1 Å². The zero-order chi connectivity index (χ0) is 15.1. The highest BCUT2D eigenvalue weighted by molar-refractivity contribution is 5.50. The average Bonchev–Trinajstić information content (AvgIpc) is 2.72. The van der Waals surface area contributed by atoms with E-state index in [1.807, 2.05) is 12.1 Å². The molecule has 3 nitrogen and oxygen atoms in total. The van der Waals surface area contributed by atoms with Crippen LogP contribution in [0.3, 0.4) is 0 Å². The maximum atomic E-state index is 14.3. The Morgan fingerprint density at radius 1 is 1.29 bits per heavy atom. The van der Waals surface area contributed by atoms with E-state index < -0.39 is 0 Å². The topological polar surface area (TPSA) is 24.5 Å². The van der Waals surface area contributed by atoms with Gasteiger partial charge in [-0.2, -0.15) is 0 Å². The molecule has 0 aliphatic carbocycles. The highest BCUT2D eigenvalue weighted by atomic mass is 19.1. The first-order chi connectivity index (χ1) is 10.2. The lowest BCUT2D eigenvalue weighted by atomic mass is 10.1. The number of nitrogens with zero attached hydrogens (tertiary/aromatic N) is 1. The second-order valence-electron chi connectivity index (χ2n) is 6.09. The summed E-state index contributed by atoms with van der Waals surface area (Å²) >= 11 is 0. The molecule has 0 amide bonds. The molecule has 0 unspecified atom stereocenters. The molecule has 0 saturated carbocycles. The lowest BCUT2D eigenvalue weighted by Crippen LogP contribution is -2.28. The molecule has 0 spiro atoms. The van der Waals surface area contributed by atoms with Gasteiger partial charge in [-0.25, -0.2) is 4.39 Å². The summed E-state index contributed by atoms with van der Waals surface area (Å²) in [6.45, 7) is 8.73. The Bertz CT molecular complexity index is 429. The Balaban J connectivity index is 1.90. The van der Waals surface area contributed by atoms with Crippen LogP contribution < -0.4 is 15.0 Å². The van der Waals surface area contributed by atoms with Crippen molar-refractivity contribution in [2.45, 2.75) is 33.1 Å². The van der Waals surface area contributed by atoms with Crippen LogP contribution in [0, 0.1) is 11.7 Å². The predicted octanol–water partition coefficient (Wildman–Crippen LogP) is 3.44. The standard InChI is InChI=1S/C17H27FN2O/c1-14(2)5-3-12-21-15-6-7-17(16(18)13-15)20-10-4-8-19-9-11-20/h6-7,13-14,19H,3-5,8-12H2,1-2H3. The van der Waals surface area contributed by atoms with E-state index in [1.54, 1.807) is 0 Å². The number of anilines is 1. The van der Waals surface area contributed by atoms with Gasteiger partial charge >= 0.3 is 0 Å². The van der Waals surface area contributed by atoms with E-state index in [9.17, 15) is 4.39 Å². The quantitative estimate of drug-likeness (QED) is 0.813. The molecule has 1 saturated heterocycles. The Labute approximate surface area is 127 Å². The van der Waals surface area contributed by atoms with Crippen LogP contribution in [-0.2, 0) is 0 Å². The van der Waals surface area contributed by atoms with E-state index in [-0.39, 0.29) is 5.82 Å². The molecule has 0 radical (unpaired) electrons. The first kappa shape index (κ1) is 16.1. The molecule has 118 valence electrons. The Kier molecular flexibility index (Phi) is 6.30. The third-order valence-electron chi connectivity index (χ3n) is 3.79. The fourth-order valence-electron chi connectivity index (χ4n) is 2.60. The highest BCUT2D eigenvalue weighted by Gasteiger charge is 2.14. The molecule has 1 N–H and O–H groups in total. The van der Waals surface area contributed by atoms with Crippen LogP contribution >= 0.6 is 0 Å². The van der Waals surface area contributed by atoms with E-state index in [0.29, 0.717) is 24.0 Å². The van der Waals surface area contributed by atoms with Gasteiger partial charge in [0.05, 0.1) is 12.3 Å². The van der Waals surface area contributed by atoms with E-state index in [2.05, 4.69) is 24.1 Å². The van der Waals surface area contributed by atoms with Gasteiger partial charge in [0.2, 0.25) is 0 Å². The number of hydrogen-bond donors (Lipinski definition) is 1. The van der Waals surface area contributed by atoms with Crippen LogP contribution in [0.1, 0.15) is 33.1 Å². The van der Waals surface area contributed by atoms with Crippen molar-refractivity contribution >= 4 is 5.69 Å². The molecular formula is C17H27FN2O. The number of hydrogen-bond acceptors (Lipinski definition) is 3. The summed E-state index contributed by atoms with van der Waals surface area (Å²) in [5, 5.41) is 3.33. The first-order valence-electron chi connectivity index (χ1n) is 8.05. The minimum atomic E-state index is -0.182. The maximum absolute atomic E-state index is 14.3. The third kappa shape index (κ3) is 5.20. The third-order valence-corrected chi connectivity index (χ3v) is 3.79. The molecule has 21 heavy (non-hydrogen) atoms. The van der Waals surface area contributed by atoms with Gasteiger partial charge in [0.25, 0.3) is 0 Å². The van der Waals surface area contributed by atoms with Crippen LogP contribution in [0.5, 0.6) is 5.75 Å². The van der Waals surface area contributed by atoms with Gasteiger partial charge in [0, 0.05) is 25.7 Å². The van der Waals surface area contributed by atoms with Gasteiger partial charge in [-0.05, 0) is 43.9 Å². The summed E-state index contributed by atoms with van der Waals surface area (Å²) in [5.41, 5.74) is 0.688. The molecule has 0 aromatic heterocycles. The van der Waals surface area contributed by atoms with Crippen LogP contribution in [0.2, 0.25) is 0 Å². The molecule has 0 atom stereocenters. The second-order valence-corrected chi connectivity index (χ2v) is 6.09. The number of rotatable bonds is 6. The molecule has 1 aliphatic rings. The Morgan fingerprint density at radius 3 is 2.90 bits per heavy atom. The van der Waals surface area contributed by atoms with Gasteiger partial charge in [0.1, 0.15) is 11.6 Å². The molecule has 1 aromatic carbocycles. The second kappa shape index (κ2) is 8.23. The number of benzene rings is 1. The Hall–Kier alpha value is -1.29. The van der Waals surface area contributed by atoms with Gasteiger partial charge in [-0.15, -0.1) is 0 Å². The van der Waals surface area contributed by atoms with Gasteiger partial charge in [-0.1, -0.05) is 13.8 Å². The summed E-state index contributed by atoms with van der Waals surface area (Å²) in [6, 6.07) is 5.24. The monoisotopic (exact) mass is 294 g/mol. The number of halogens is 1. The predicted molar refractivity (Wildman–Crippen MR) is 85.7 cm³/mol. The van der Waals surface area contributed by atoms with Crippen molar-refractivity contribution in [3.63, 3.8) is 0 Å². The van der Waals surface area contributed by atoms with Crippen LogP contribution in [0.15, 0.2) is 18.2 Å². The van der Waals surface area contributed by atoms with Crippen LogP contribution in [0.25, 0.3) is 0 Å². The smallest absolute Gasteiger partial charge is 0.150 e. The molecule has 1 heterocycles. The largest absolute Gasteiger partial charge is 0.493 e. The lowest BCUT2D eigenvalue weighted by Gasteiger charge is -2.23. The summed E-state index contributed by atoms with van der Waals surface area (Å²) in [4.78, 5) is 2.11. The zero-order valence-corrected chi connectivity index (χ0v) is 13.2. The maximum Gasteiger partial charge on any atom is 0.150 e. The fraction of sp³-hybridized carbons (Fsp3) is 0.647.